The monoisotopic (exact) mass is 269 g/mol. The van der Waals surface area contributed by atoms with Gasteiger partial charge in [0.05, 0.1) is 4.47 Å². The van der Waals surface area contributed by atoms with Crippen molar-refractivity contribution in [2.45, 2.75) is 6.92 Å². The summed E-state index contributed by atoms with van der Waals surface area (Å²) in [5.74, 6) is 0.336. The van der Waals surface area contributed by atoms with Gasteiger partial charge < -0.3 is 4.42 Å². The molecular formula is C10H5BrClNO. The third kappa shape index (κ3) is 1.31. The molecule has 0 radical (unpaired) electrons. The zero-order valence-corrected chi connectivity index (χ0v) is 9.61. The lowest BCUT2D eigenvalue weighted by molar-refractivity contribution is 0.594. The molecular weight excluding hydrogens is 265 g/mol. The van der Waals surface area contributed by atoms with Crippen LogP contribution < -0.4 is 0 Å². The number of rotatable bonds is 0. The van der Waals surface area contributed by atoms with Crippen LogP contribution in [0.3, 0.4) is 0 Å². The Labute approximate surface area is 94.2 Å². The summed E-state index contributed by atoms with van der Waals surface area (Å²) in [6.45, 7) is 1.84. The molecule has 2 nitrogen and oxygen atoms in total. The molecule has 1 aromatic heterocycles. The highest BCUT2D eigenvalue weighted by molar-refractivity contribution is 9.10. The molecule has 0 bridgehead atoms. The van der Waals surface area contributed by atoms with Gasteiger partial charge in [0.15, 0.2) is 0 Å². The van der Waals surface area contributed by atoms with Crippen LogP contribution >= 0.6 is 27.5 Å². The largest absolute Gasteiger partial charge is 0.444 e. The molecule has 0 aliphatic carbocycles. The topological polar surface area (TPSA) is 36.9 Å². The number of hydrogen-bond donors (Lipinski definition) is 0. The third-order valence-electron chi connectivity index (χ3n) is 2.06. The number of nitriles is 1. The summed E-state index contributed by atoms with van der Waals surface area (Å²) in [5, 5.41) is 10.3. The lowest BCUT2D eigenvalue weighted by Crippen LogP contribution is -1.73. The Morgan fingerprint density at radius 1 is 1.50 bits per heavy atom. The Morgan fingerprint density at radius 3 is 2.86 bits per heavy atom. The predicted molar refractivity (Wildman–Crippen MR) is 58.4 cm³/mol. The maximum atomic E-state index is 8.79. The first-order valence-corrected chi connectivity index (χ1v) is 5.09. The first-order chi connectivity index (χ1) is 6.63. The molecule has 0 unspecified atom stereocenters. The Morgan fingerprint density at radius 2 is 2.21 bits per heavy atom. The Kier molecular flexibility index (Phi) is 2.26. The SMILES string of the molecule is Cc1c(C#N)oc2c(Br)cc(Cl)cc12. The standard InChI is InChI=1S/C10H5BrClNO/c1-5-7-2-6(12)3-8(11)10(7)14-9(5)4-13/h2-3H,1H3. The highest BCUT2D eigenvalue weighted by Crippen LogP contribution is 2.33. The molecule has 0 aliphatic heterocycles. The second-order valence-electron chi connectivity index (χ2n) is 2.93. The van der Waals surface area contributed by atoms with Gasteiger partial charge in [0.1, 0.15) is 11.7 Å². The van der Waals surface area contributed by atoms with Crippen molar-refractivity contribution in [3.63, 3.8) is 0 Å². The quantitative estimate of drug-likeness (QED) is 0.725. The van der Waals surface area contributed by atoms with E-state index in [0.29, 0.717) is 16.4 Å². The summed E-state index contributed by atoms with van der Waals surface area (Å²) in [4.78, 5) is 0. The van der Waals surface area contributed by atoms with E-state index in [4.69, 9.17) is 21.3 Å². The van der Waals surface area contributed by atoms with Gasteiger partial charge in [-0.3, -0.25) is 0 Å². The normalized spacial score (nSPS) is 10.4. The maximum Gasteiger partial charge on any atom is 0.207 e. The van der Waals surface area contributed by atoms with Crippen LogP contribution in [0.4, 0.5) is 0 Å². The van der Waals surface area contributed by atoms with Gasteiger partial charge in [-0.2, -0.15) is 5.26 Å². The molecule has 4 heteroatoms. The molecule has 14 heavy (non-hydrogen) atoms. The van der Waals surface area contributed by atoms with E-state index in [-0.39, 0.29) is 0 Å². The van der Waals surface area contributed by atoms with Gasteiger partial charge in [0, 0.05) is 16.0 Å². The minimum absolute atomic E-state index is 0.336. The summed E-state index contributed by atoms with van der Waals surface area (Å²) in [6, 6.07) is 5.54. The molecule has 2 rings (SSSR count). The van der Waals surface area contributed by atoms with Crippen molar-refractivity contribution in [2.24, 2.45) is 0 Å². The number of aryl methyl sites for hydroxylation is 1. The van der Waals surface area contributed by atoms with Crippen molar-refractivity contribution in [1.29, 1.82) is 5.26 Å². The van der Waals surface area contributed by atoms with Crippen LogP contribution in [0.5, 0.6) is 0 Å². The van der Waals surface area contributed by atoms with Crippen molar-refractivity contribution in [3.8, 4) is 6.07 Å². The van der Waals surface area contributed by atoms with Gasteiger partial charge in [-0.15, -0.1) is 0 Å². The fraction of sp³-hybridized carbons (Fsp3) is 0.100. The molecule has 0 N–H and O–H groups in total. The molecule has 70 valence electrons. The van der Waals surface area contributed by atoms with Crippen LogP contribution in [0.1, 0.15) is 11.3 Å². The average molecular weight is 271 g/mol. The number of nitrogens with zero attached hydrogens (tertiary/aromatic N) is 1. The molecule has 2 aromatic rings. The van der Waals surface area contributed by atoms with E-state index in [2.05, 4.69) is 15.9 Å². The van der Waals surface area contributed by atoms with Crippen LogP contribution in [-0.2, 0) is 0 Å². The van der Waals surface area contributed by atoms with Gasteiger partial charge in [0.25, 0.3) is 0 Å². The number of furan rings is 1. The van der Waals surface area contributed by atoms with Gasteiger partial charge in [-0.25, -0.2) is 0 Å². The number of benzene rings is 1. The summed E-state index contributed by atoms with van der Waals surface area (Å²) >= 11 is 9.23. The van der Waals surface area contributed by atoms with Crippen LogP contribution in [0.25, 0.3) is 11.0 Å². The number of hydrogen-bond acceptors (Lipinski definition) is 2. The zero-order chi connectivity index (χ0) is 10.3. The molecule has 0 saturated heterocycles. The summed E-state index contributed by atoms with van der Waals surface area (Å²) in [6.07, 6.45) is 0. The average Bonchev–Trinajstić information content (AvgIpc) is 2.44. The van der Waals surface area contributed by atoms with Crippen molar-refractivity contribution in [1.82, 2.24) is 0 Å². The van der Waals surface area contributed by atoms with Crippen molar-refractivity contribution in [2.75, 3.05) is 0 Å². The maximum absolute atomic E-state index is 8.79. The predicted octanol–water partition coefficient (Wildman–Crippen LogP) is 4.03. The highest BCUT2D eigenvalue weighted by atomic mass is 79.9. The van der Waals surface area contributed by atoms with E-state index >= 15 is 0 Å². The van der Waals surface area contributed by atoms with E-state index in [1.807, 2.05) is 13.0 Å². The molecule has 0 saturated carbocycles. The first kappa shape index (κ1) is 9.57. The zero-order valence-electron chi connectivity index (χ0n) is 7.27. The van der Waals surface area contributed by atoms with E-state index in [1.54, 1.807) is 12.1 Å². The molecule has 0 fully saturated rings. The second-order valence-corrected chi connectivity index (χ2v) is 4.22. The first-order valence-electron chi connectivity index (χ1n) is 3.91. The Bertz CT molecular complexity index is 553. The summed E-state index contributed by atoms with van der Waals surface area (Å²) in [7, 11) is 0. The van der Waals surface area contributed by atoms with Crippen LogP contribution in [0, 0.1) is 18.3 Å². The lowest BCUT2D eigenvalue weighted by atomic mass is 10.1. The number of fused-ring (bicyclic) bond motifs is 1. The molecule has 0 amide bonds. The van der Waals surface area contributed by atoms with Gasteiger partial charge in [0.2, 0.25) is 5.76 Å². The van der Waals surface area contributed by atoms with Gasteiger partial charge >= 0.3 is 0 Å². The minimum Gasteiger partial charge on any atom is -0.444 e. The molecule has 1 heterocycles. The summed E-state index contributed by atoms with van der Waals surface area (Å²) < 4.78 is 6.14. The second kappa shape index (κ2) is 3.30. The lowest BCUT2D eigenvalue weighted by Gasteiger charge is -1.94. The molecule has 0 atom stereocenters. The fourth-order valence-electron chi connectivity index (χ4n) is 1.35. The minimum atomic E-state index is 0.336. The van der Waals surface area contributed by atoms with Crippen LogP contribution in [0.15, 0.2) is 21.0 Å². The third-order valence-corrected chi connectivity index (χ3v) is 2.87. The fourth-order valence-corrected chi connectivity index (χ4v) is 2.24. The van der Waals surface area contributed by atoms with E-state index in [0.717, 1.165) is 15.4 Å². The van der Waals surface area contributed by atoms with E-state index in [9.17, 15) is 0 Å². The highest BCUT2D eigenvalue weighted by Gasteiger charge is 2.12. The molecule has 0 aliphatic rings. The van der Waals surface area contributed by atoms with Crippen molar-refractivity contribution < 1.29 is 4.42 Å². The van der Waals surface area contributed by atoms with Gasteiger partial charge in [-0.1, -0.05) is 11.6 Å². The molecule has 1 aromatic carbocycles. The van der Waals surface area contributed by atoms with E-state index in [1.165, 1.54) is 0 Å². The Hall–Kier alpha value is -0.980. The number of halogens is 2. The van der Waals surface area contributed by atoms with Gasteiger partial charge in [-0.05, 0) is 35.0 Å². The van der Waals surface area contributed by atoms with E-state index < -0.39 is 0 Å². The van der Waals surface area contributed by atoms with Crippen molar-refractivity contribution in [3.05, 3.63) is 33.0 Å². The van der Waals surface area contributed by atoms with Crippen LogP contribution in [-0.4, -0.2) is 0 Å². The van der Waals surface area contributed by atoms with Crippen molar-refractivity contribution >= 4 is 38.5 Å². The smallest absolute Gasteiger partial charge is 0.207 e. The van der Waals surface area contributed by atoms with Crippen LogP contribution in [0.2, 0.25) is 5.02 Å². The Balaban J connectivity index is 2.94. The summed E-state index contributed by atoms with van der Waals surface area (Å²) in [5.41, 5.74) is 1.49. The molecule has 0 spiro atoms.